The molecule has 1 unspecified atom stereocenters. The van der Waals surface area contributed by atoms with Crippen molar-refractivity contribution in [3.05, 3.63) is 11.8 Å². The van der Waals surface area contributed by atoms with Gasteiger partial charge in [-0.3, -0.25) is 0 Å². The van der Waals surface area contributed by atoms with Gasteiger partial charge in [0.2, 0.25) is 0 Å². The van der Waals surface area contributed by atoms with E-state index in [1.54, 1.807) is 6.92 Å². The predicted octanol–water partition coefficient (Wildman–Crippen LogP) is 1.65. The first-order valence-corrected chi connectivity index (χ1v) is 7.86. The van der Waals surface area contributed by atoms with Gasteiger partial charge in [0.05, 0.1) is 18.9 Å². The first-order chi connectivity index (χ1) is 9.65. The van der Waals surface area contributed by atoms with E-state index in [0.29, 0.717) is 24.1 Å². The Bertz CT molecular complexity index is 365. The van der Waals surface area contributed by atoms with E-state index in [0.717, 1.165) is 19.3 Å². The van der Waals surface area contributed by atoms with E-state index in [1.165, 1.54) is 17.8 Å². The molecule has 1 rings (SSSR count). The summed E-state index contributed by atoms with van der Waals surface area (Å²) in [5.74, 6) is -0.451. The monoisotopic (exact) mass is 302 g/mol. The molecule has 1 fully saturated rings. The molecule has 6 nitrogen and oxygen atoms in total. The third-order valence-corrected chi connectivity index (χ3v) is 3.10. The largest absolute Gasteiger partial charge is 0.463 e. The zero-order valence-electron chi connectivity index (χ0n) is 12.0. The summed E-state index contributed by atoms with van der Waals surface area (Å²) in [6, 6.07) is 0. The number of carbonyl (C=O) groups excluding carboxylic acids is 1. The lowest BCUT2D eigenvalue weighted by atomic mass is 10.2. The molecule has 0 aliphatic carbocycles. The van der Waals surface area contributed by atoms with Crippen molar-refractivity contribution >= 4 is 22.9 Å². The number of hydrogen-bond acceptors (Lipinski definition) is 6. The lowest BCUT2D eigenvalue weighted by Crippen LogP contribution is -2.23. The minimum absolute atomic E-state index is 0.171. The summed E-state index contributed by atoms with van der Waals surface area (Å²) < 4.78 is 15.9. The van der Waals surface area contributed by atoms with Crippen LogP contribution in [-0.4, -0.2) is 43.5 Å². The summed E-state index contributed by atoms with van der Waals surface area (Å²) in [6.45, 7) is 2.94. The van der Waals surface area contributed by atoms with E-state index in [1.807, 2.05) is 6.26 Å². The third kappa shape index (κ3) is 6.93. The fourth-order valence-electron chi connectivity index (χ4n) is 1.63. The molecular formula is C13H22N2O4S. The van der Waals surface area contributed by atoms with Crippen molar-refractivity contribution in [1.29, 1.82) is 0 Å². The molecule has 1 heterocycles. The van der Waals surface area contributed by atoms with Crippen LogP contribution in [0.25, 0.3) is 0 Å². The van der Waals surface area contributed by atoms with Crippen molar-refractivity contribution in [1.82, 2.24) is 0 Å². The first-order valence-electron chi connectivity index (χ1n) is 6.64. The topological polar surface area (TPSA) is 83.1 Å². The van der Waals surface area contributed by atoms with Crippen LogP contribution >= 0.6 is 11.8 Å². The van der Waals surface area contributed by atoms with Crippen molar-refractivity contribution in [2.24, 2.45) is 10.7 Å². The van der Waals surface area contributed by atoms with Gasteiger partial charge in [0, 0.05) is 12.7 Å². The fourth-order valence-corrected chi connectivity index (χ4v) is 1.84. The Balaban J connectivity index is 2.59. The van der Waals surface area contributed by atoms with Gasteiger partial charge < -0.3 is 19.9 Å². The zero-order chi connectivity index (χ0) is 14.8. The second-order valence-electron chi connectivity index (χ2n) is 4.15. The normalized spacial score (nSPS) is 20.8. The molecule has 1 saturated heterocycles. The molecular weight excluding hydrogens is 280 g/mol. The molecule has 20 heavy (non-hydrogen) atoms. The van der Waals surface area contributed by atoms with Gasteiger partial charge in [-0.25, -0.2) is 9.79 Å². The smallest absolute Gasteiger partial charge is 0.332 e. The van der Waals surface area contributed by atoms with Crippen LogP contribution in [0.2, 0.25) is 0 Å². The lowest BCUT2D eigenvalue weighted by molar-refractivity contribution is -0.157. The van der Waals surface area contributed by atoms with Gasteiger partial charge in [0.1, 0.15) is 0 Å². The average Bonchev–Trinajstić information content (AvgIpc) is 2.46. The summed E-state index contributed by atoms with van der Waals surface area (Å²) in [5, 5.41) is 0.369. The minimum atomic E-state index is -0.451. The van der Waals surface area contributed by atoms with Crippen molar-refractivity contribution in [2.45, 2.75) is 32.5 Å². The number of ether oxygens (including phenoxy) is 3. The zero-order valence-corrected chi connectivity index (χ0v) is 12.8. The number of aliphatic imine (C=N–C) groups is 1. The molecule has 0 amide bonds. The van der Waals surface area contributed by atoms with E-state index in [4.69, 9.17) is 19.9 Å². The van der Waals surface area contributed by atoms with Gasteiger partial charge in [-0.05, 0) is 32.4 Å². The number of esters is 1. The molecule has 2 N–H and O–H groups in total. The molecule has 1 aliphatic heterocycles. The van der Waals surface area contributed by atoms with E-state index < -0.39 is 5.97 Å². The van der Waals surface area contributed by atoms with Gasteiger partial charge in [-0.1, -0.05) is 11.8 Å². The summed E-state index contributed by atoms with van der Waals surface area (Å²) in [5.41, 5.74) is 6.10. The quantitative estimate of drug-likeness (QED) is 0.348. The second-order valence-corrected chi connectivity index (χ2v) is 4.98. The van der Waals surface area contributed by atoms with E-state index >= 15 is 0 Å². The Morgan fingerprint density at radius 2 is 2.35 bits per heavy atom. The van der Waals surface area contributed by atoms with Crippen LogP contribution in [0.4, 0.5) is 0 Å². The van der Waals surface area contributed by atoms with Gasteiger partial charge in [0.25, 0.3) is 0 Å². The van der Waals surface area contributed by atoms with Crippen molar-refractivity contribution in [2.75, 3.05) is 26.1 Å². The second kappa shape index (κ2) is 9.79. The Kier molecular flexibility index (Phi) is 8.32. The maximum absolute atomic E-state index is 11.5. The lowest BCUT2D eigenvalue weighted by Gasteiger charge is -2.22. The molecule has 0 spiro atoms. The molecule has 0 aromatic rings. The SMILES string of the molecule is CCOC(=O)/C=C(/COC1CCCCO1)N=C(N)SC. The maximum atomic E-state index is 11.5. The summed E-state index contributed by atoms with van der Waals surface area (Å²) in [7, 11) is 0. The highest BCUT2D eigenvalue weighted by atomic mass is 32.2. The maximum Gasteiger partial charge on any atom is 0.332 e. The number of nitrogens with two attached hydrogens (primary N) is 1. The van der Waals surface area contributed by atoms with Crippen molar-refractivity contribution < 1.29 is 19.0 Å². The Hall–Kier alpha value is -1.05. The van der Waals surface area contributed by atoms with E-state index in [9.17, 15) is 4.79 Å². The van der Waals surface area contributed by atoms with Crippen LogP contribution in [0.1, 0.15) is 26.2 Å². The predicted molar refractivity (Wildman–Crippen MR) is 79.4 cm³/mol. The molecule has 0 radical (unpaired) electrons. The molecule has 1 aliphatic rings. The van der Waals surface area contributed by atoms with Crippen LogP contribution in [0, 0.1) is 0 Å². The fraction of sp³-hybridized carbons (Fsp3) is 0.692. The van der Waals surface area contributed by atoms with E-state index in [-0.39, 0.29) is 12.9 Å². The average molecular weight is 302 g/mol. The molecule has 0 saturated carbocycles. The molecule has 7 heteroatoms. The van der Waals surface area contributed by atoms with Gasteiger partial charge in [-0.2, -0.15) is 0 Å². The summed E-state index contributed by atoms with van der Waals surface area (Å²) in [6.07, 6.45) is 5.87. The van der Waals surface area contributed by atoms with Crippen LogP contribution in [0.15, 0.2) is 16.8 Å². The number of carbonyl (C=O) groups is 1. The van der Waals surface area contributed by atoms with Crippen LogP contribution < -0.4 is 5.73 Å². The van der Waals surface area contributed by atoms with E-state index in [2.05, 4.69) is 4.99 Å². The van der Waals surface area contributed by atoms with Gasteiger partial charge in [0.15, 0.2) is 11.5 Å². The van der Waals surface area contributed by atoms with Crippen molar-refractivity contribution in [3.8, 4) is 0 Å². The number of rotatable bonds is 6. The van der Waals surface area contributed by atoms with Crippen LogP contribution in [-0.2, 0) is 19.0 Å². The van der Waals surface area contributed by atoms with Crippen LogP contribution in [0.5, 0.6) is 0 Å². The van der Waals surface area contributed by atoms with Gasteiger partial charge in [-0.15, -0.1) is 0 Å². The summed E-state index contributed by atoms with van der Waals surface area (Å²) >= 11 is 1.30. The number of thioether (sulfide) groups is 1. The molecule has 114 valence electrons. The Morgan fingerprint density at radius 3 is 2.95 bits per heavy atom. The Morgan fingerprint density at radius 1 is 1.55 bits per heavy atom. The highest BCUT2D eigenvalue weighted by Gasteiger charge is 2.15. The molecule has 0 bridgehead atoms. The highest BCUT2D eigenvalue weighted by Crippen LogP contribution is 2.15. The minimum Gasteiger partial charge on any atom is -0.463 e. The highest BCUT2D eigenvalue weighted by molar-refractivity contribution is 8.13. The number of amidine groups is 1. The molecule has 1 atom stereocenters. The molecule has 0 aromatic carbocycles. The first kappa shape index (κ1) is 17.0. The molecule has 0 aromatic heterocycles. The van der Waals surface area contributed by atoms with Crippen molar-refractivity contribution in [3.63, 3.8) is 0 Å². The standard InChI is InChI=1S/C13H22N2O4S/c1-3-17-11(16)8-10(15-13(14)20-2)9-19-12-6-4-5-7-18-12/h8,12H,3-7,9H2,1-2H3,(H2,14,15)/b10-8-. The number of hydrogen-bond donors (Lipinski definition) is 1. The third-order valence-electron chi connectivity index (χ3n) is 2.59. The van der Waals surface area contributed by atoms with Gasteiger partial charge >= 0.3 is 5.97 Å². The summed E-state index contributed by atoms with van der Waals surface area (Å²) in [4.78, 5) is 15.6. The van der Waals surface area contributed by atoms with Crippen LogP contribution in [0.3, 0.4) is 0 Å². The Labute approximate surface area is 123 Å². The number of nitrogens with zero attached hydrogens (tertiary/aromatic N) is 1.